The topological polar surface area (TPSA) is 20.2 Å². The van der Waals surface area contributed by atoms with Gasteiger partial charge < -0.3 is 5.11 Å². The van der Waals surface area contributed by atoms with Crippen LogP contribution in [0, 0.1) is 6.92 Å². The molecule has 0 aliphatic heterocycles. The predicted octanol–water partition coefficient (Wildman–Crippen LogP) is -1.04. The second kappa shape index (κ2) is 12.0. The molecular weight excluding hydrogens is 135 g/mol. The van der Waals surface area contributed by atoms with Crippen molar-refractivity contribution in [1.82, 2.24) is 0 Å². The quantitative estimate of drug-likeness (QED) is 0.287. The van der Waals surface area contributed by atoms with Crippen molar-refractivity contribution < 1.29 is 34.7 Å². The Balaban J connectivity index is -0.0000000910. The normalized spacial score (nSPS) is 6.30. The van der Waals surface area contributed by atoms with Crippen molar-refractivity contribution in [2.75, 3.05) is 6.61 Å². The van der Waals surface area contributed by atoms with E-state index in [1.807, 2.05) is 6.92 Å². The molecule has 0 radical (unpaired) electrons. The van der Waals surface area contributed by atoms with Crippen LogP contribution in [-0.2, 0) is 0 Å². The molecule has 54 valence electrons. The molecule has 0 spiro atoms. The van der Waals surface area contributed by atoms with Crippen molar-refractivity contribution >= 4 is 0 Å². The van der Waals surface area contributed by atoms with Crippen LogP contribution in [0.5, 0.6) is 0 Å². The molecule has 0 amide bonds. The third-order valence-corrected chi connectivity index (χ3v) is 0.270. The van der Waals surface area contributed by atoms with Gasteiger partial charge in [0.2, 0.25) is 0 Å². The van der Waals surface area contributed by atoms with E-state index in [1.165, 1.54) is 0 Å². The fourth-order valence-electron chi connectivity index (χ4n) is 0. The van der Waals surface area contributed by atoms with Crippen LogP contribution in [0.25, 0.3) is 0 Å². The zero-order chi connectivity index (χ0) is 7.86. The van der Waals surface area contributed by atoms with Crippen LogP contribution in [0.2, 0.25) is 0 Å². The van der Waals surface area contributed by atoms with Crippen LogP contribution in [-0.4, -0.2) is 11.7 Å². The van der Waals surface area contributed by atoms with Gasteiger partial charge in [-0.1, -0.05) is 19.1 Å². The van der Waals surface area contributed by atoms with E-state index in [1.54, 1.807) is 6.92 Å². The van der Waals surface area contributed by atoms with E-state index >= 15 is 0 Å². The molecule has 0 aromatic carbocycles. The fourth-order valence-corrected chi connectivity index (χ4v) is 0. The first-order valence-corrected chi connectivity index (χ1v) is 2.73. The van der Waals surface area contributed by atoms with Gasteiger partial charge >= 0.3 is 29.6 Å². The van der Waals surface area contributed by atoms with Crippen LogP contribution in [0.15, 0.2) is 24.3 Å². The Kier molecular flexibility index (Phi) is 20.1. The maximum absolute atomic E-state index is 8.04. The van der Waals surface area contributed by atoms with Gasteiger partial charge in [0, 0.05) is 0 Å². The molecule has 0 atom stereocenters. The Labute approximate surface area is 86.1 Å². The van der Waals surface area contributed by atoms with Crippen LogP contribution in [0.1, 0.15) is 13.8 Å². The van der Waals surface area contributed by atoms with Gasteiger partial charge in [-0.05, 0) is 6.92 Å². The van der Waals surface area contributed by atoms with Gasteiger partial charge in [-0.15, -0.1) is 0 Å². The molecule has 10 heavy (non-hydrogen) atoms. The molecule has 0 aliphatic rings. The van der Waals surface area contributed by atoms with Gasteiger partial charge in [0.05, 0.1) is 6.61 Å². The van der Waals surface area contributed by atoms with E-state index in [9.17, 15) is 0 Å². The number of hydrogen-bond acceptors (Lipinski definition) is 1. The number of aliphatic hydroxyl groups is 1. The minimum Gasteiger partial charge on any atom is -0.392 e. The van der Waals surface area contributed by atoms with Crippen molar-refractivity contribution in [2.24, 2.45) is 0 Å². The molecular formula is C8H15NaO. The van der Waals surface area contributed by atoms with Crippen molar-refractivity contribution in [3.8, 4) is 0 Å². The maximum Gasteiger partial charge on any atom is 1.00 e. The summed E-state index contributed by atoms with van der Waals surface area (Å²) >= 11 is 0. The molecule has 2 heteroatoms. The summed E-state index contributed by atoms with van der Waals surface area (Å²) in [5.74, 6) is 0. The first kappa shape index (κ1) is 16.7. The van der Waals surface area contributed by atoms with E-state index in [4.69, 9.17) is 5.11 Å². The monoisotopic (exact) mass is 150 g/mol. The number of aliphatic hydroxyl groups excluding tert-OH is 1. The molecule has 0 unspecified atom stereocenters. The molecule has 1 nitrogen and oxygen atoms in total. The SMILES string of the molecule is C=C(C)CO.C=C([CH2-])C.[Na+]. The predicted molar refractivity (Wildman–Crippen MR) is 42.1 cm³/mol. The average molecular weight is 150 g/mol. The summed E-state index contributed by atoms with van der Waals surface area (Å²) in [7, 11) is 0. The number of rotatable bonds is 1. The maximum atomic E-state index is 8.04. The van der Waals surface area contributed by atoms with E-state index in [-0.39, 0.29) is 36.2 Å². The summed E-state index contributed by atoms with van der Waals surface area (Å²) in [5.41, 5.74) is 1.73. The number of allylic oxidation sites excluding steroid dienone is 1. The largest absolute Gasteiger partial charge is 1.00 e. The van der Waals surface area contributed by atoms with Crippen molar-refractivity contribution in [2.45, 2.75) is 13.8 Å². The molecule has 0 aliphatic carbocycles. The zero-order valence-corrected chi connectivity index (χ0v) is 9.28. The molecule has 0 fully saturated rings. The summed E-state index contributed by atoms with van der Waals surface area (Å²) < 4.78 is 0. The molecule has 0 saturated heterocycles. The Morgan fingerprint density at radius 3 is 1.50 bits per heavy atom. The first-order valence-electron chi connectivity index (χ1n) is 2.73. The zero-order valence-electron chi connectivity index (χ0n) is 7.28. The van der Waals surface area contributed by atoms with Crippen molar-refractivity contribution in [3.05, 3.63) is 31.2 Å². The van der Waals surface area contributed by atoms with Gasteiger partial charge in [-0.25, -0.2) is 19.1 Å². The van der Waals surface area contributed by atoms with Gasteiger partial charge in [0.1, 0.15) is 0 Å². The first-order chi connectivity index (χ1) is 4.00. The summed E-state index contributed by atoms with van der Waals surface area (Å²) in [6, 6.07) is 0. The van der Waals surface area contributed by atoms with Crippen molar-refractivity contribution in [1.29, 1.82) is 0 Å². The van der Waals surface area contributed by atoms with Crippen molar-refractivity contribution in [3.63, 3.8) is 0 Å². The van der Waals surface area contributed by atoms with Crippen LogP contribution >= 0.6 is 0 Å². The van der Waals surface area contributed by atoms with E-state index < -0.39 is 0 Å². The van der Waals surface area contributed by atoms with E-state index in [2.05, 4.69) is 20.1 Å². The Bertz CT molecular complexity index is 93.4. The van der Waals surface area contributed by atoms with E-state index in [0.717, 1.165) is 11.1 Å². The van der Waals surface area contributed by atoms with Crippen LogP contribution in [0.3, 0.4) is 0 Å². The molecule has 0 rings (SSSR count). The third kappa shape index (κ3) is 83.2. The second-order valence-electron chi connectivity index (χ2n) is 2.07. The molecule has 0 aromatic rings. The number of hydrogen-bond donors (Lipinski definition) is 1. The van der Waals surface area contributed by atoms with Gasteiger partial charge in [-0.3, -0.25) is 0 Å². The summed E-state index contributed by atoms with van der Waals surface area (Å²) in [6.45, 7) is 14.1. The Morgan fingerprint density at radius 1 is 1.40 bits per heavy atom. The molecule has 0 saturated carbocycles. The van der Waals surface area contributed by atoms with Gasteiger partial charge in [0.25, 0.3) is 0 Å². The summed E-state index contributed by atoms with van der Waals surface area (Å²) in [6.07, 6.45) is 0. The molecule has 0 bridgehead atoms. The third-order valence-electron chi connectivity index (χ3n) is 0.270. The van der Waals surface area contributed by atoms with E-state index in [0.29, 0.717) is 0 Å². The van der Waals surface area contributed by atoms with Crippen LogP contribution < -0.4 is 29.6 Å². The molecule has 0 aromatic heterocycles. The standard InChI is InChI=1S/C4H8O.C4H7.Na/c1-4(2)3-5;1-4(2)3;/h5H,1,3H2,2H3;1-2H2,3H3;/q;-1;+1. The second-order valence-corrected chi connectivity index (χ2v) is 2.07. The Morgan fingerprint density at radius 2 is 1.50 bits per heavy atom. The molecule has 0 heterocycles. The smallest absolute Gasteiger partial charge is 0.392 e. The molecule has 1 N–H and O–H groups in total. The summed E-state index contributed by atoms with van der Waals surface area (Å²) in [4.78, 5) is 0. The Hall–Kier alpha value is 0.310. The fraction of sp³-hybridized carbons (Fsp3) is 0.375. The minimum absolute atomic E-state index is 0. The van der Waals surface area contributed by atoms with Gasteiger partial charge in [-0.2, -0.15) is 0 Å². The van der Waals surface area contributed by atoms with Gasteiger partial charge in [0.15, 0.2) is 0 Å². The average Bonchev–Trinajstić information content (AvgIpc) is 1.65. The minimum atomic E-state index is 0. The summed E-state index contributed by atoms with van der Waals surface area (Å²) in [5, 5.41) is 8.04. The van der Waals surface area contributed by atoms with Crippen LogP contribution in [0.4, 0.5) is 0 Å².